The third-order valence-corrected chi connectivity index (χ3v) is 7.91. The number of aryl methyl sites for hydroxylation is 1. The van der Waals surface area contributed by atoms with Crippen LogP contribution in [0.4, 0.5) is 5.69 Å². The van der Waals surface area contributed by atoms with Crippen molar-refractivity contribution >= 4 is 35.1 Å². The van der Waals surface area contributed by atoms with Crippen LogP contribution in [0.1, 0.15) is 74.6 Å². The van der Waals surface area contributed by atoms with Crippen molar-refractivity contribution in [2.24, 2.45) is 0 Å². The fourth-order valence-electron chi connectivity index (χ4n) is 5.57. The van der Waals surface area contributed by atoms with E-state index in [1.165, 1.54) is 12.8 Å². The minimum Gasteiger partial charge on any atom is -0.497 e. The van der Waals surface area contributed by atoms with Gasteiger partial charge in [0.05, 0.1) is 24.3 Å². The quantitative estimate of drug-likeness (QED) is 0.291. The minimum atomic E-state index is -0.259. The molecule has 4 N–H and O–H groups in total. The van der Waals surface area contributed by atoms with Gasteiger partial charge in [-0.25, -0.2) is 0 Å². The maximum absolute atomic E-state index is 13.2. The van der Waals surface area contributed by atoms with E-state index in [1.54, 1.807) is 31.4 Å². The molecule has 3 amide bonds. The molecule has 0 bridgehead atoms. The monoisotopic (exact) mass is 555 g/mol. The van der Waals surface area contributed by atoms with Crippen molar-refractivity contribution in [1.82, 2.24) is 20.5 Å². The number of carbonyl (C=O) groups excluding carboxylic acids is 3. The standard InChI is InChI=1S/C32H37N5O4/c1-19-28(34-21(3)29(19)32(40)33-12-15-37-13-5-6-14-37)18-26-25-17-23(10-11-27(25)36-31(26)39)30(38)35-20(2)22-8-7-9-24(16-22)41-4/h7-11,16-18,20,34H,5-6,12-15H2,1-4H3,(H,33,40)(H,35,38)(H,36,39)/t20-/m1/s1. The Balaban J connectivity index is 1.33. The molecular formula is C32H37N5O4. The number of nitrogens with one attached hydrogen (secondary N) is 4. The molecule has 214 valence electrons. The van der Waals surface area contributed by atoms with Crippen molar-refractivity contribution in [2.75, 3.05) is 38.6 Å². The summed E-state index contributed by atoms with van der Waals surface area (Å²) in [5, 5.41) is 8.95. The average Bonchev–Trinajstić information content (AvgIpc) is 3.66. The number of rotatable bonds is 9. The van der Waals surface area contributed by atoms with E-state index in [2.05, 4.69) is 25.8 Å². The Morgan fingerprint density at radius 1 is 1.10 bits per heavy atom. The lowest BCUT2D eigenvalue weighted by Crippen LogP contribution is -2.33. The summed E-state index contributed by atoms with van der Waals surface area (Å²) in [7, 11) is 1.61. The van der Waals surface area contributed by atoms with Crippen LogP contribution >= 0.6 is 0 Å². The van der Waals surface area contributed by atoms with Crippen LogP contribution in [0.3, 0.4) is 0 Å². The van der Waals surface area contributed by atoms with Crippen LogP contribution in [0.2, 0.25) is 0 Å². The van der Waals surface area contributed by atoms with E-state index in [9.17, 15) is 14.4 Å². The molecule has 2 aliphatic heterocycles. The van der Waals surface area contributed by atoms with Gasteiger partial charge < -0.3 is 30.6 Å². The number of nitrogens with zero attached hydrogens (tertiary/aromatic N) is 1. The lowest BCUT2D eigenvalue weighted by molar-refractivity contribution is -0.110. The number of benzene rings is 2. The van der Waals surface area contributed by atoms with E-state index < -0.39 is 0 Å². The Kier molecular flexibility index (Phi) is 8.26. The summed E-state index contributed by atoms with van der Waals surface area (Å²) in [5.74, 6) is 0.0886. The number of anilines is 1. The van der Waals surface area contributed by atoms with Gasteiger partial charge in [-0.15, -0.1) is 0 Å². The first kappa shape index (κ1) is 28.2. The van der Waals surface area contributed by atoms with E-state index in [0.717, 1.165) is 42.2 Å². The number of likely N-dealkylation sites (tertiary alicyclic amines) is 1. The van der Waals surface area contributed by atoms with Crippen molar-refractivity contribution in [3.63, 3.8) is 0 Å². The second kappa shape index (κ2) is 12.0. The molecule has 1 atom stereocenters. The number of aromatic amines is 1. The Labute approximate surface area is 240 Å². The first-order valence-electron chi connectivity index (χ1n) is 14.1. The molecule has 0 spiro atoms. The van der Waals surface area contributed by atoms with Crippen molar-refractivity contribution in [3.05, 3.63) is 81.7 Å². The summed E-state index contributed by atoms with van der Waals surface area (Å²) in [5.41, 5.74) is 5.87. The summed E-state index contributed by atoms with van der Waals surface area (Å²) in [6, 6.07) is 12.5. The number of H-pyrrole nitrogens is 1. The number of carbonyl (C=O) groups is 3. The van der Waals surface area contributed by atoms with Gasteiger partial charge in [-0.05, 0) is 94.2 Å². The van der Waals surface area contributed by atoms with Crippen LogP contribution in [-0.4, -0.2) is 60.9 Å². The molecule has 41 heavy (non-hydrogen) atoms. The fourth-order valence-corrected chi connectivity index (χ4v) is 5.57. The lowest BCUT2D eigenvalue weighted by atomic mass is 10.0. The van der Waals surface area contributed by atoms with Crippen LogP contribution in [0.5, 0.6) is 5.75 Å². The highest BCUT2D eigenvalue weighted by Crippen LogP contribution is 2.35. The highest BCUT2D eigenvalue weighted by Gasteiger charge is 2.27. The van der Waals surface area contributed by atoms with Gasteiger partial charge in [-0.1, -0.05) is 12.1 Å². The molecule has 2 aliphatic rings. The number of amides is 3. The summed E-state index contributed by atoms with van der Waals surface area (Å²) in [6.07, 6.45) is 4.19. The van der Waals surface area contributed by atoms with E-state index in [4.69, 9.17) is 4.74 Å². The summed E-state index contributed by atoms with van der Waals surface area (Å²) in [4.78, 5) is 44.8. The van der Waals surface area contributed by atoms with Gasteiger partial charge in [0, 0.05) is 41.3 Å². The zero-order valence-corrected chi connectivity index (χ0v) is 24.0. The fraction of sp³-hybridized carbons (Fsp3) is 0.344. The zero-order valence-electron chi connectivity index (χ0n) is 24.0. The third kappa shape index (κ3) is 6.05. The Bertz CT molecular complexity index is 1520. The molecule has 3 aromatic rings. The second-order valence-corrected chi connectivity index (χ2v) is 10.7. The van der Waals surface area contributed by atoms with Crippen molar-refractivity contribution in [3.8, 4) is 5.75 Å². The minimum absolute atomic E-state index is 0.125. The second-order valence-electron chi connectivity index (χ2n) is 10.7. The van der Waals surface area contributed by atoms with Crippen LogP contribution in [0.25, 0.3) is 11.6 Å². The molecule has 3 heterocycles. The predicted octanol–water partition coefficient (Wildman–Crippen LogP) is 4.45. The number of hydrogen-bond acceptors (Lipinski definition) is 5. The van der Waals surface area contributed by atoms with Gasteiger partial charge in [-0.2, -0.15) is 0 Å². The Morgan fingerprint density at radius 3 is 2.63 bits per heavy atom. The molecule has 1 fully saturated rings. The van der Waals surface area contributed by atoms with Gasteiger partial charge in [-0.3, -0.25) is 14.4 Å². The summed E-state index contributed by atoms with van der Waals surface area (Å²) < 4.78 is 5.30. The van der Waals surface area contributed by atoms with Crippen LogP contribution in [0.15, 0.2) is 42.5 Å². The number of fused-ring (bicyclic) bond motifs is 1. The SMILES string of the molecule is COc1cccc([C@@H](C)NC(=O)c2ccc3c(c2)C(=Cc2[nH]c(C)c(C(=O)NCCN4CCCC4)c2C)C(=O)N3)c1. The maximum Gasteiger partial charge on any atom is 0.256 e. The van der Waals surface area contributed by atoms with Gasteiger partial charge in [0.15, 0.2) is 0 Å². The third-order valence-electron chi connectivity index (χ3n) is 7.91. The molecule has 2 aromatic carbocycles. The van der Waals surface area contributed by atoms with E-state index >= 15 is 0 Å². The summed E-state index contributed by atoms with van der Waals surface area (Å²) >= 11 is 0. The molecule has 0 aliphatic carbocycles. The van der Waals surface area contributed by atoms with Gasteiger partial charge in [0.25, 0.3) is 17.7 Å². The van der Waals surface area contributed by atoms with E-state index in [-0.39, 0.29) is 23.8 Å². The molecule has 9 nitrogen and oxygen atoms in total. The first-order valence-corrected chi connectivity index (χ1v) is 14.1. The molecular weight excluding hydrogens is 518 g/mol. The largest absolute Gasteiger partial charge is 0.497 e. The molecule has 1 aromatic heterocycles. The van der Waals surface area contributed by atoms with E-state index in [1.807, 2.05) is 45.0 Å². The molecule has 5 rings (SSSR count). The molecule has 1 saturated heterocycles. The highest BCUT2D eigenvalue weighted by atomic mass is 16.5. The van der Waals surface area contributed by atoms with Gasteiger partial charge >= 0.3 is 0 Å². The van der Waals surface area contributed by atoms with E-state index in [0.29, 0.717) is 40.2 Å². The Hall–Kier alpha value is -4.37. The average molecular weight is 556 g/mol. The topological polar surface area (TPSA) is 116 Å². The maximum atomic E-state index is 13.2. The van der Waals surface area contributed by atoms with Crippen LogP contribution < -0.4 is 20.7 Å². The van der Waals surface area contributed by atoms with Crippen molar-refractivity contribution < 1.29 is 19.1 Å². The van der Waals surface area contributed by atoms with Crippen LogP contribution in [-0.2, 0) is 4.79 Å². The molecule has 0 unspecified atom stereocenters. The smallest absolute Gasteiger partial charge is 0.256 e. The van der Waals surface area contributed by atoms with Crippen LogP contribution in [0, 0.1) is 13.8 Å². The number of methoxy groups -OCH3 is 1. The van der Waals surface area contributed by atoms with Gasteiger partial charge in [0.1, 0.15) is 5.75 Å². The molecule has 0 radical (unpaired) electrons. The number of aromatic nitrogens is 1. The number of ether oxygens (including phenoxy) is 1. The van der Waals surface area contributed by atoms with Crippen molar-refractivity contribution in [1.29, 1.82) is 0 Å². The number of hydrogen-bond donors (Lipinski definition) is 4. The predicted molar refractivity (Wildman–Crippen MR) is 160 cm³/mol. The molecule has 0 saturated carbocycles. The Morgan fingerprint density at radius 2 is 1.88 bits per heavy atom. The highest BCUT2D eigenvalue weighted by molar-refractivity contribution is 6.35. The summed E-state index contributed by atoms with van der Waals surface area (Å²) in [6.45, 7) is 9.26. The van der Waals surface area contributed by atoms with Crippen molar-refractivity contribution in [2.45, 2.75) is 39.7 Å². The van der Waals surface area contributed by atoms with Gasteiger partial charge in [0.2, 0.25) is 0 Å². The first-order chi connectivity index (χ1) is 19.7. The molecule has 9 heteroatoms. The lowest BCUT2D eigenvalue weighted by Gasteiger charge is -2.15. The normalized spacial score (nSPS) is 16.4. The zero-order chi connectivity index (χ0) is 29.1.